The molecule has 1 aliphatic heterocycles. The van der Waals surface area contributed by atoms with E-state index in [1.807, 2.05) is 0 Å². The van der Waals surface area contributed by atoms with Crippen LogP contribution in [0.2, 0.25) is 0 Å². The molecule has 154 valence electrons. The normalized spacial score (nSPS) is 31.5. The molecule has 0 radical (unpaired) electrons. The van der Waals surface area contributed by atoms with Gasteiger partial charge in [0.25, 0.3) is 0 Å². The highest BCUT2D eigenvalue weighted by Gasteiger charge is 2.64. The summed E-state index contributed by atoms with van der Waals surface area (Å²) in [5.41, 5.74) is -3.37. The summed E-state index contributed by atoms with van der Waals surface area (Å²) >= 11 is 5.85. The van der Waals surface area contributed by atoms with Crippen molar-refractivity contribution in [2.75, 3.05) is 6.61 Å². The Hall–Kier alpha value is -1.75. The molecule has 0 aromatic heterocycles. The number of hydrogen-bond acceptors (Lipinski definition) is 10. The van der Waals surface area contributed by atoms with Crippen molar-refractivity contribution in [3.63, 3.8) is 0 Å². The predicted octanol–water partition coefficient (Wildman–Crippen LogP) is 0.0593. The minimum atomic E-state index is -2.26. The van der Waals surface area contributed by atoms with E-state index in [9.17, 15) is 24.3 Å². The lowest BCUT2D eigenvalue weighted by molar-refractivity contribution is -0.332. The monoisotopic (exact) mass is 410 g/mol. The highest BCUT2D eigenvalue weighted by atomic mass is 35.5. The SMILES string of the molecule is CC(=O)OC[C@H]1OC(O)[C@@](OC(C)Cl)(C(C)=O)[C@@H](OC(C)=O)[C@H]1OC(C)=O. The molecule has 1 fully saturated rings. The molecule has 6 atom stereocenters. The van der Waals surface area contributed by atoms with Gasteiger partial charge in [0.2, 0.25) is 5.60 Å². The molecule has 0 bridgehead atoms. The van der Waals surface area contributed by atoms with E-state index < -0.39 is 66.1 Å². The van der Waals surface area contributed by atoms with Crippen molar-refractivity contribution in [1.29, 1.82) is 0 Å². The van der Waals surface area contributed by atoms with Crippen LogP contribution in [0.25, 0.3) is 0 Å². The van der Waals surface area contributed by atoms with Gasteiger partial charge in [-0.1, -0.05) is 11.6 Å². The lowest BCUT2D eigenvalue weighted by atomic mass is 9.82. The number of aliphatic hydroxyl groups is 1. The second-order valence-electron chi connectivity index (χ2n) is 5.94. The van der Waals surface area contributed by atoms with Gasteiger partial charge >= 0.3 is 17.9 Å². The van der Waals surface area contributed by atoms with Crippen LogP contribution in [0.3, 0.4) is 0 Å². The molecule has 27 heavy (non-hydrogen) atoms. The second-order valence-corrected chi connectivity index (χ2v) is 6.56. The summed E-state index contributed by atoms with van der Waals surface area (Å²) in [4.78, 5) is 46.7. The van der Waals surface area contributed by atoms with Gasteiger partial charge in [0.1, 0.15) is 18.3 Å². The van der Waals surface area contributed by atoms with Crippen LogP contribution in [0.5, 0.6) is 0 Å². The van der Waals surface area contributed by atoms with E-state index in [0.29, 0.717) is 0 Å². The third-order valence-electron chi connectivity index (χ3n) is 3.71. The first-order valence-electron chi connectivity index (χ1n) is 8.06. The molecule has 1 heterocycles. The van der Waals surface area contributed by atoms with Gasteiger partial charge in [0.15, 0.2) is 24.3 Å². The number of carbonyl (C=O) groups excluding carboxylic acids is 4. The molecular weight excluding hydrogens is 388 g/mol. The number of halogens is 1. The van der Waals surface area contributed by atoms with Crippen molar-refractivity contribution in [1.82, 2.24) is 0 Å². The molecule has 0 aromatic rings. The van der Waals surface area contributed by atoms with Gasteiger partial charge in [0, 0.05) is 20.8 Å². The zero-order chi connectivity index (χ0) is 20.9. The van der Waals surface area contributed by atoms with Crippen LogP contribution in [0, 0.1) is 0 Å². The molecule has 11 heteroatoms. The maximum Gasteiger partial charge on any atom is 0.303 e. The topological polar surface area (TPSA) is 135 Å². The van der Waals surface area contributed by atoms with Crippen LogP contribution in [0.4, 0.5) is 0 Å². The van der Waals surface area contributed by atoms with E-state index in [2.05, 4.69) is 0 Å². The smallest absolute Gasteiger partial charge is 0.303 e. The first-order valence-corrected chi connectivity index (χ1v) is 8.49. The van der Waals surface area contributed by atoms with Gasteiger partial charge < -0.3 is 28.8 Å². The summed E-state index contributed by atoms with van der Waals surface area (Å²) in [6.45, 7) is 5.28. The standard InChI is InChI=1S/C16H23ClO10/c1-7(18)16(27-8(2)17)14(25-11(5)21)13(24-10(4)20)12(26-15(16)22)6-23-9(3)19/h8,12-15,22H,6H2,1-5H3/t8?,12-,13+,14+,15?,16-/m1/s1. The summed E-state index contributed by atoms with van der Waals surface area (Å²) in [5.74, 6) is -3.07. The summed E-state index contributed by atoms with van der Waals surface area (Å²) in [5, 5.41) is 10.5. The largest absolute Gasteiger partial charge is 0.463 e. The number of carbonyl (C=O) groups is 4. The van der Waals surface area contributed by atoms with Crippen LogP contribution in [-0.2, 0) is 42.9 Å². The predicted molar refractivity (Wildman–Crippen MR) is 88.4 cm³/mol. The molecule has 0 amide bonds. The Labute approximate surface area is 161 Å². The Morgan fingerprint density at radius 3 is 2.04 bits per heavy atom. The van der Waals surface area contributed by atoms with Gasteiger partial charge in [-0.25, -0.2) is 0 Å². The number of ketones is 1. The Morgan fingerprint density at radius 1 is 1.07 bits per heavy atom. The summed E-state index contributed by atoms with van der Waals surface area (Å²) in [6.07, 6.45) is -6.22. The van der Waals surface area contributed by atoms with Crippen LogP contribution in [-0.4, -0.2) is 71.2 Å². The van der Waals surface area contributed by atoms with Crippen LogP contribution < -0.4 is 0 Å². The molecule has 1 N–H and O–H groups in total. The molecule has 2 unspecified atom stereocenters. The zero-order valence-corrected chi connectivity index (χ0v) is 16.3. The fraction of sp³-hybridized carbons (Fsp3) is 0.750. The maximum atomic E-state index is 12.4. The van der Waals surface area contributed by atoms with Crippen LogP contribution in [0.1, 0.15) is 34.6 Å². The molecule has 10 nitrogen and oxygen atoms in total. The third-order valence-corrected chi connectivity index (χ3v) is 3.80. The number of aliphatic hydroxyl groups excluding tert-OH is 1. The van der Waals surface area contributed by atoms with Gasteiger partial charge in [0.05, 0.1) is 0 Å². The first kappa shape index (κ1) is 23.3. The van der Waals surface area contributed by atoms with E-state index in [1.54, 1.807) is 0 Å². The van der Waals surface area contributed by atoms with Crippen molar-refractivity contribution in [3.8, 4) is 0 Å². The molecule has 1 aliphatic rings. The highest BCUT2D eigenvalue weighted by Crippen LogP contribution is 2.38. The Morgan fingerprint density at radius 2 is 1.63 bits per heavy atom. The van der Waals surface area contributed by atoms with Gasteiger partial charge in [-0.3, -0.25) is 19.2 Å². The van der Waals surface area contributed by atoms with Crippen molar-refractivity contribution in [2.24, 2.45) is 0 Å². The molecule has 0 aliphatic carbocycles. The lowest BCUT2D eigenvalue weighted by Crippen LogP contribution is -2.72. The van der Waals surface area contributed by atoms with E-state index in [-0.39, 0.29) is 0 Å². The maximum absolute atomic E-state index is 12.4. The number of esters is 3. The van der Waals surface area contributed by atoms with Crippen molar-refractivity contribution in [3.05, 3.63) is 0 Å². The number of alkyl halides is 1. The zero-order valence-electron chi connectivity index (χ0n) is 15.6. The summed E-state index contributed by atoms with van der Waals surface area (Å²) in [7, 11) is 0. The molecule has 0 aromatic carbocycles. The highest BCUT2D eigenvalue weighted by molar-refractivity contribution is 6.19. The van der Waals surface area contributed by atoms with E-state index in [1.165, 1.54) is 6.92 Å². The lowest BCUT2D eigenvalue weighted by Gasteiger charge is -2.49. The Bertz CT molecular complexity index is 592. The molecular formula is C16H23ClO10. The average molecular weight is 411 g/mol. The van der Waals surface area contributed by atoms with E-state index >= 15 is 0 Å². The molecule has 0 spiro atoms. The van der Waals surface area contributed by atoms with Crippen molar-refractivity contribution >= 4 is 35.3 Å². The fourth-order valence-electron chi connectivity index (χ4n) is 2.77. The van der Waals surface area contributed by atoms with E-state index in [0.717, 1.165) is 27.7 Å². The quantitative estimate of drug-likeness (QED) is 0.348. The third kappa shape index (κ3) is 5.61. The number of Topliss-reactive ketones (excluding diaryl/α,β-unsaturated/α-hetero) is 1. The summed E-state index contributed by atoms with van der Waals surface area (Å²) in [6, 6.07) is 0. The number of ether oxygens (including phenoxy) is 5. The fourth-order valence-corrected chi connectivity index (χ4v) is 2.92. The van der Waals surface area contributed by atoms with Gasteiger partial charge in [-0.05, 0) is 13.8 Å². The Balaban J connectivity index is 3.46. The Kier molecular flexibility index (Phi) is 8.15. The van der Waals surface area contributed by atoms with Crippen LogP contribution >= 0.6 is 11.6 Å². The minimum Gasteiger partial charge on any atom is -0.463 e. The van der Waals surface area contributed by atoms with E-state index in [4.69, 9.17) is 35.3 Å². The van der Waals surface area contributed by atoms with Crippen molar-refractivity contribution in [2.45, 2.75) is 70.4 Å². The molecule has 0 saturated carbocycles. The average Bonchev–Trinajstić information content (AvgIpc) is 2.50. The van der Waals surface area contributed by atoms with Crippen LogP contribution in [0.15, 0.2) is 0 Å². The summed E-state index contributed by atoms with van der Waals surface area (Å²) < 4.78 is 26.0. The first-order chi connectivity index (χ1) is 12.4. The molecule has 1 rings (SSSR count). The van der Waals surface area contributed by atoms with Gasteiger partial charge in [-0.15, -0.1) is 0 Å². The van der Waals surface area contributed by atoms with Gasteiger partial charge in [-0.2, -0.15) is 0 Å². The van der Waals surface area contributed by atoms with Crippen molar-refractivity contribution < 1.29 is 48.0 Å². The number of rotatable bonds is 7. The second kappa shape index (κ2) is 9.45. The number of hydrogen-bond donors (Lipinski definition) is 1. The minimum absolute atomic E-state index is 0.438. The molecule has 1 saturated heterocycles.